The van der Waals surface area contributed by atoms with Gasteiger partial charge in [0.2, 0.25) is 5.65 Å². The number of nitrogens with zero attached hydrogens (tertiary/aromatic N) is 5. The van der Waals surface area contributed by atoms with E-state index in [2.05, 4.69) is 28.8 Å². The molecule has 8 heteroatoms. The van der Waals surface area contributed by atoms with E-state index in [-0.39, 0.29) is 17.4 Å². The topological polar surface area (TPSA) is 103 Å². The molecule has 2 aromatic rings. The zero-order valence-electron chi connectivity index (χ0n) is 10.7. The van der Waals surface area contributed by atoms with Gasteiger partial charge in [-0.05, 0) is 20.3 Å². The van der Waals surface area contributed by atoms with Crippen LogP contribution in [0.15, 0.2) is 6.20 Å². The van der Waals surface area contributed by atoms with Crippen LogP contribution in [0.3, 0.4) is 0 Å². The predicted octanol–water partition coefficient (Wildman–Crippen LogP) is 0.991. The summed E-state index contributed by atoms with van der Waals surface area (Å²) >= 11 is 0. The molecule has 0 aliphatic carbocycles. The third-order valence-electron chi connectivity index (χ3n) is 3.43. The largest absolute Gasteiger partial charge is 0.383 e. The lowest BCUT2D eigenvalue weighted by Gasteiger charge is -2.24. The monoisotopic (exact) mass is 262 g/mol. The number of nitrogen functional groups attached to an aromatic ring is 1. The Morgan fingerprint density at radius 2 is 2.26 bits per heavy atom. The molecule has 0 amide bonds. The van der Waals surface area contributed by atoms with Crippen LogP contribution in [0.2, 0.25) is 0 Å². The molecule has 0 saturated carbocycles. The highest BCUT2D eigenvalue weighted by atomic mass is 16.6. The van der Waals surface area contributed by atoms with Crippen molar-refractivity contribution in [2.24, 2.45) is 0 Å². The van der Waals surface area contributed by atoms with Crippen molar-refractivity contribution in [3.63, 3.8) is 0 Å². The Morgan fingerprint density at radius 1 is 1.53 bits per heavy atom. The van der Waals surface area contributed by atoms with Crippen LogP contribution in [0.25, 0.3) is 5.65 Å². The molecule has 2 N–H and O–H groups in total. The second-order valence-corrected chi connectivity index (χ2v) is 4.86. The molecule has 0 unspecified atom stereocenters. The first-order valence-corrected chi connectivity index (χ1v) is 6.08. The number of aromatic nitrogens is 3. The normalized spacial score (nSPS) is 14.4. The third kappa shape index (κ3) is 1.52. The van der Waals surface area contributed by atoms with Crippen molar-refractivity contribution in [2.45, 2.75) is 26.3 Å². The summed E-state index contributed by atoms with van der Waals surface area (Å²) in [6, 6.07) is 0.273. The van der Waals surface area contributed by atoms with E-state index in [9.17, 15) is 10.1 Å². The van der Waals surface area contributed by atoms with Gasteiger partial charge >= 0.3 is 5.69 Å². The number of hydrogen-bond donors (Lipinski definition) is 1. The molecule has 2 aromatic heterocycles. The fourth-order valence-electron chi connectivity index (χ4n) is 2.52. The molecule has 19 heavy (non-hydrogen) atoms. The minimum absolute atomic E-state index is 0.120. The highest BCUT2D eigenvalue weighted by Gasteiger charge is 2.30. The highest BCUT2D eigenvalue weighted by molar-refractivity contribution is 5.71. The van der Waals surface area contributed by atoms with Crippen molar-refractivity contribution < 1.29 is 4.92 Å². The number of nitrogens with two attached hydrogens (primary N) is 1. The quantitative estimate of drug-likeness (QED) is 0.639. The zero-order chi connectivity index (χ0) is 13.7. The van der Waals surface area contributed by atoms with Crippen LogP contribution < -0.4 is 10.6 Å². The van der Waals surface area contributed by atoms with Gasteiger partial charge in [0.05, 0.1) is 4.92 Å². The van der Waals surface area contributed by atoms with Gasteiger partial charge in [-0.3, -0.25) is 10.1 Å². The highest BCUT2D eigenvalue weighted by Crippen LogP contribution is 2.35. The second kappa shape index (κ2) is 3.81. The van der Waals surface area contributed by atoms with Gasteiger partial charge in [-0.25, -0.2) is 4.98 Å². The van der Waals surface area contributed by atoms with Gasteiger partial charge in [0, 0.05) is 18.2 Å². The Labute approximate surface area is 109 Å². The molecule has 3 rings (SSSR count). The smallest absolute Gasteiger partial charge is 0.333 e. The van der Waals surface area contributed by atoms with E-state index in [1.807, 2.05) is 0 Å². The first kappa shape index (κ1) is 11.7. The number of fused-ring (bicyclic) bond motifs is 3. The van der Waals surface area contributed by atoms with E-state index in [1.165, 1.54) is 10.7 Å². The maximum atomic E-state index is 11.0. The summed E-state index contributed by atoms with van der Waals surface area (Å²) in [5, 5.41) is 15.1. The molecule has 0 atom stereocenters. The van der Waals surface area contributed by atoms with E-state index in [1.54, 1.807) is 0 Å². The van der Waals surface area contributed by atoms with Gasteiger partial charge < -0.3 is 10.6 Å². The second-order valence-electron chi connectivity index (χ2n) is 4.86. The molecule has 1 aliphatic rings. The van der Waals surface area contributed by atoms with Gasteiger partial charge in [-0.1, -0.05) is 0 Å². The minimum atomic E-state index is -0.490. The van der Waals surface area contributed by atoms with Crippen LogP contribution in [0.1, 0.15) is 19.4 Å². The molecule has 8 nitrogen and oxygen atoms in total. The molecule has 0 radical (unpaired) electrons. The summed E-state index contributed by atoms with van der Waals surface area (Å²) in [5.74, 6) is 1.18. The Balaban J connectivity index is 2.33. The summed E-state index contributed by atoms with van der Waals surface area (Å²) in [7, 11) is 0. The van der Waals surface area contributed by atoms with E-state index in [4.69, 9.17) is 5.73 Å². The average Bonchev–Trinajstić information content (AvgIpc) is 2.90. The number of nitro groups is 1. The van der Waals surface area contributed by atoms with Crippen molar-refractivity contribution in [3.8, 4) is 0 Å². The summed E-state index contributed by atoms with van der Waals surface area (Å²) < 4.78 is 1.52. The fraction of sp³-hybridized carbons (Fsp3) is 0.455. The first-order chi connectivity index (χ1) is 9.00. The van der Waals surface area contributed by atoms with E-state index in [0.29, 0.717) is 5.82 Å². The molecular formula is C11H14N6O2. The maximum absolute atomic E-state index is 11.0. The van der Waals surface area contributed by atoms with Crippen LogP contribution in [0.5, 0.6) is 0 Å². The molecule has 3 heterocycles. The summed E-state index contributed by atoms with van der Waals surface area (Å²) in [6.07, 6.45) is 2.01. The molecule has 0 spiro atoms. The van der Waals surface area contributed by atoms with Crippen molar-refractivity contribution in [3.05, 3.63) is 21.9 Å². The average molecular weight is 262 g/mol. The van der Waals surface area contributed by atoms with Crippen LogP contribution in [-0.4, -0.2) is 32.1 Å². The Morgan fingerprint density at radius 3 is 2.89 bits per heavy atom. The van der Waals surface area contributed by atoms with Crippen LogP contribution >= 0.6 is 0 Å². The molecule has 1 aliphatic heterocycles. The van der Waals surface area contributed by atoms with Crippen molar-refractivity contribution in [2.75, 3.05) is 17.2 Å². The lowest BCUT2D eigenvalue weighted by Crippen LogP contribution is -2.30. The SMILES string of the molecule is CC(C)N1CCc2c(N)nc3c([N+](=O)[O-])cnn3c21. The third-order valence-corrected chi connectivity index (χ3v) is 3.43. The fourth-order valence-corrected chi connectivity index (χ4v) is 2.52. The predicted molar refractivity (Wildman–Crippen MR) is 70.2 cm³/mol. The lowest BCUT2D eigenvalue weighted by molar-refractivity contribution is -0.383. The standard InChI is InChI=1S/C11H14N6O2/c1-6(2)15-4-3-7-9(12)14-10-8(17(18)19)5-13-16(10)11(7)15/h5-6H,3-4H2,1-2H3,(H2,12,14). The summed E-state index contributed by atoms with van der Waals surface area (Å²) in [5.41, 5.74) is 6.93. The zero-order valence-corrected chi connectivity index (χ0v) is 10.7. The van der Waals surface area contributed by atoms with E-state index >= 15 is 0 Å². The van der Waals surface area contributed by atoms with Crippen LogP contribution in [-0.2, 0) is 6.42 Å². The van der Waals surface area contributed by atoms with Gasteiger partial charge in [-0.2, -0.15) is 9.61 Å². The van der Waals surface area contributed by atoms with Crippen molar-refractivity contribution in [1.82, 2.24) is 14.6 Å². The number of hydrogen-bond acceptors (Lipinski definition) is 6. The summed E-state index contributed by atoms with van der Waals surface area (Å²) in [6.45, 7) is 4.95. The number of anilines is 2. The van der Waals surface area contributed by atoms with Crippen molar-refractivity contribution >= 4 is 23.0 Å². The Kier molecular flexibility index (Phi) is 2.34. The first-order valence-electron chi connectivity index (χ1n) is 6.08. The molecule has 0 saturated heterocycles. The molecular weight excluding hydrogens is 248 g/mol. The van der Waals surface area contributed by atoms with Crippen LogP contribution in [0, 0.1) is 10.1 Å². The summed E-state index contributed by atoms with van der Waals surface area (Å²) in [4.78, 5) is 16.7. The maximum Gasteiger partial charge on any atom is 0.333 e. The Hall–Kier alpha value is -2.38. The van der Waals surface area contributed by atoms with Gasteiger partial charge in [0.25, 0.3) is 0 Å². The molecule has 0 aromatic carbocycles. The Bertz CT molecular complexity index is 677. The van der Waals surface area contributed by atoms with Gasteiger partial charge in [0.15, 0.2) is 0 Å². The van der Waals surface area contributed by atoms with E-state index in [0.717, 1.165) is 24.3 Å². The van der Waals surface area contributed by atoms with Gasteiger partial charge in [0.1, 0.15) is 17.8 Å². The minimum Gasteiger partial charge on any atom is -0.383 e. The lowest BCUT2D eigenvalue weighted by atomic mass is 10.2. The molecule has 100 valence electrons. The van der Waals surface area contributed by atoms with Crippen LogP contribution in [0.4, 0.5) is 17.3 Å². The van der Waals surface area contributed by atoms with Crippen molar-refractivity contribution in [1.29, 1.82) is 0 Å². The molecule has 0 fully saturated rings. The van der Waals surface area contributed by atoms with Gasteiger partial charge in [-0.15, -0.1) is 0 Å². The van der Waals surface area contributed by atoms with E-state index < -0.39 is 4.92 Å². The molecule has 0 bridgehead atoms. The number of rotatable bonds is 2.